The minimum atomic E-state index is -0.162. The molecule has 7 heteroatoms. The van der Waals surface area contributed by atoms with Crippen LogP contribution in [-0.2, 0) is 13.1 Å². The van der Waals surface area contributed by atoms with Crippen LogP contribution in [0.1, 0.15) is 47.5 Å². The summed E-state index contributed by atoms with van der Waals surface area (Å²) in [5.74, 6) is 1.43. The molecule has 1 aliphatic heterocycles. The molecule has 1 aromatic heterocycles. The number of nitrogens with zero attached hydrogens (tertiary/aromatic N) is 3. The van der Waals surface area contributed by atoms with Crippen LogP contribution in [0, 0.1) is 0 Å². The van der Waals surface area contributed by atoms with Gasteiger partial charge < -0.3 is 14.6 Å². The number of nitrogens with one attached hydrogen (secondary N) is 1. The Labute approximate surface area is 182 Å². The van der Waals surface area contributed by atoms with Gasteiger partial charge in [-0.05, 0) is 67.9 Å². The van der Waals surface area contributed by atoms with Crippen molar-refractivity contribution in [3.63, 3.8) is 0 Å². The summed E-state index contributed by atoms with van der Waals surface area (Å²) in [4.78, 5) is 19.3. The maximum absolute atomic E-state index is 12.5. The number of aromatic nitrogens is 2. The molecule has 0 unspecified atom stereocenters. The van der Waals surface area contributed by atoms with E-state index in [0.717, 1.165) is 30.9 Å². The Morgan fingerprint density at radius 3 is 2.42 bits per heavy atom. The van der Waals surface area contributed by atoms with Gasteiger partial charge in [0.15, 0.2) is 0 Å². The Morgan fingerprint density at radius 2 is 1.74 bits per heavy atom. The second-order valence-electron chi connectivity index (χ2n) is 7.81. The lowest BCUT2D eigenvalue weighted by Crippen LogP contribution is -2.24. The molecule has 0 spiro atoms. The summed E-state index contributed by atoms with van der Waals surface area (Å²) in [7, 11) is 1.62. The SMILES string of the molecule is COc1ccc(-c2noc(CNC(=O)c3ccc(CN4CCCCCC4)cc3)n2)cc1. The molecule has 1 saturated heterocycles. The normalized spacial score (nSPS) is 14.7. The molecule has 0 atom stereocenters. The fourth-order valence-electron chi connectivity index (χ4n) is 3.76. The number of carbonyl (C=O) groups excluding carboxylic acids is 1. The zero-order valence-corrected chi connectivity index (χ0v) is 17.8. The largest absolute Gasteiger partial charge is 0.497 e. The van der Waals surface area contributed by atoms with Crippen molar-refractivity contribution in [2.75, 3.05) is 20.2 Å². The molecular formula is C24H28N4O3. The number of likely N-dealkylation sites (tertiary alicyclic amines) is 1. The molecule has 0 bridgehead atoms. The van der Waals surface area contributed by atoms with Gasteiger partial charge in [0.1, 0.15) is 5.75 Å². The fraction of sp³-hybridized carbons (Fsp3) is 0.375. The van der Waals surface area contributed by atoms with Gasteiger partial charge in [-0.15, -0.1) is 0 Å². The number of carbonyl (C=O) groups is 1. The molecule has 162 valence electrons. The quantitative estimate of drug-likeness (QED) is 0.621. The summed E-state index contributed by atoms with van der Waals surface area (Å²) >= 11 is 0. The summed E-state index contributed by atoms with van der Waals surface area (Å²) in [6.45, 7) is 3.44. The molecule has 1 amide bonds. The smallest absolute Gasteiger partial charge is 0.251 e. The van der Waals surface area contributed by atoms with Crippen molar-refractivity contribution in [3.8, 4) is 17.1 Å². The van der Waals surface area contributed by atoms with Crippen LogP contribution in [0.2, 0.25) is 0 Å². The molecule has 3 aromatic rings. The van der Waals surface area contributed by atoms with E-state index in [1.165, 1.54) is 31.2 Å². The van der Waals surface area contributed by atoms with E-state index in [-0.39, 0.29) is 12.5 Å². The van der Waals surface area contributed by atoms with Crippen molar-refractivity contribution in [2.24, 2.45) is 0 Å². The van der Waals surface area contributed by atoms with Gasteiger partial charge in [0.05, 0.1) is 13.7 Å². The van der Waals surface area contributed by atoms with E-state index in [2.05, 4.69) is 20.4 Å². The van der Waals surface area contributed by atoms with E-state index >= 15 is 0 Å². The maximum atomic E-state index is 12.5. The predicted molar refractivity (Wildman–Crippen MR) is 118 cm³/mol. The first-order valence-electron chi connectivity index (χ1n) is 10.8. The van der Waals surface area contributed by atoms with Gasteiger partial charge in [-0.1, -0.05) is 30.1 Å². The van der Waals surface area contributed by atoms with Gasteiger partial charge >= 0.3 is 0 Å². The van der Waals surface area contributed by atoms with E-state index in [9.17, 15) is 4.79 Å². The van der Waals surface area contributed by atoms with Crippen molar-refractivity contribution in [3.05, 3.63) is 65.5 Å². The maximum Gasteiger partial charge on any atom is 0.251 e. The molecule has 4 rings (SSSR count). The second-order valence-corrected chi connectivity index (χ2v) is 7.81. The van der Waals surface area contributed by atoms with Crippen LogP contribution in [0.15, 0.2) is 53.1 Å². The molecule has 2 aromatic carbocycles. The molecule has 1 fully saturated rings. The second kappa shape index (κ2) is 10.2. The zero-order valence-electron chi connectivity index (χ0n) is 17.8. The number of amides is 1. The number of rotatable bonds is 7. The van der Waals surface area contributed by atoms with E-state index in [1.54, 1.807) is 7.11 Å². The lowest BCUT2D eigenvalue weighted by Gasteiger charge is -2.19. The predicted octanol–water partition coefficient (Wildman–Crippen LogP) is 4.05. The first kappa shape index (κ1) is 21.1. The highest BCUT2D eigenvalue weighted by atomic mass is 16.5. The Morgan fingerprint density at radius 1 is 1.03 bits per heavy atom. The van der Waals surface area contributed by atoms with E-state index in [4.69, 9.17) is 9.26 Å². The number of ether oxygens (including phenoxy) is 1. The Bertz CT molecular complexity index is 975. The third kappa shape index (κ3) is 5.70. The molecular weight excluding hydrogens is 392 g/mol. The summed E-state index contributed by atoms with van der Waals surface area (Å²) in [6.07, 6.45) is 5.21. The fourth-order valence-corrected chi connectivity index (χ4v) is 3.76. The number of methoxy groups -OCH3 is 1. The van der Waals surface area contributed by atoms with Crippen molar-refractivity contribution >= 4 is 5.91 Å². The Kier molecular flexibility index (Phi) is 6.94. The van der Waals surface area contributed by atoms with Crippen molar-refractivity contribution in [1.82, 2.24) is 20.4 Å². The van der Waals surface area contributed by atoms with E-state index in [1.807, 2.05) is 48.5 Å². The number of benzene rings is 2. The van der Waals surface area contributed by atoms with Crippen LogP contribution in [-0.4, -0.2) is 41.1 Å². The van der Waals surface area contributed by atoms with Crippen LogP contribution in [0.25, 0.3) is 11.4 Å². The Balaban J connectivity index is 1.30. The Hall–Kier alpha value is -3.19. The van der Waals surface area contributed by atoms with Crippen molar-refractivity contribution < 1.29 is 14.1 Å². The molecule has 2 heterocycles. The van der Waals surface area contributed by atoms with Crippen LogP contribution in [0.3, 0.4) is 0 Å². The average Bonchev–Trinajstić information content (AvgIpc) is 3.14. The molecule has 0 radical (unpaired) electrons. The van der Waals surface area contributed by atoms with Crippen molar-refractivity contribution in [1.29, 1.82) is 0 Å². The molecule has 31 heavy (non-hydrogen) atoms. The highest BCUT2D eigenvalue weighted by Gasteiger charge is 2.13. The zero-order chi connectivity index (χ0) is 21.5. The van der Waals surface area contributed by atoms with Gasteiger partial charge in [-0.2, -0.15) is 4.98 Å². The van der Waals surface area contributed by atoms with Gasteiger partial charge in [-0.3, -0.25) is 9.69 Å². The third-order valence-electron chi connectivity index (χ3n) is 5.54. The van der Waals surface area contributed by atoms with Crippen LogP contribution >= 0.6 is 0 Å². The summed E-state index contributed by atoms with van der Waals surface area (Å²) in [5, 5.41) is 6.83. The molecule has 7 nitrogen and oxygen atoms in total. The summed E-state index contributed by atoms with van der Waals surface area (Å²) in [6, 6.07) is 15.2. The lowest BCUT2D eigenvalue weighted by molar-refractivity contribution is 0.0946. The monoisotopic (exact) mass is 420 g/mol. The van der Waals surface area contributed by atoms with Gasteiger partial charge in [0, 0.05) is 17.7 Å². The molecule has 0 aliphatic carbocycles. The first-order valence-corrected chi connectivity index (χ1v) is 10.8. The highest BCUT2D eigenvalue weighted by Crippen LogP contribution is 2.20. The van der Waals surface area contributed by atoms with Crippen LogP contribution < -0.4 is 10.1 Å². The minimum Gasteiger partial charge on any atom is -0.497 e. The van der Waals surface area contributed by atoms with E-state index < -0.39 is 0 Å². The minimum absolute atomic E-state index is 0.162. The summed E-state index contributed by atoms with van der Waals surface area (Å²) < 4.78 is 10.4. The number of hydrogen-bond acceptors (Lipinski definition) is 6. The average molecular weight is 421 g/mol. The molecule has 1 aliphatic rings. The highest BCUT2D eigenvalue weighted by molar-refractivity contribution is 5.94. The molecule has 0 saturated carbocycles. The molecule has 1 N–H and O–H groups in total. The van der Waals surface area contributed by atoms with Gasteiger partial charge in [0.2, 0.25) is 11.7 Å². The number of hydrogen-bond donors (Lipinski definition) is 1. The van der Waals surface area contributed by atoms with E-state index in [0.29, 0.717) is 17.3 Å². The van der Waals surface area contributed by atoms with Crippen molar-refractivity contribution in [2.45, 2.75) is 38.8 Å². The van der Waals surface area contributed by atoms with Gasteiger partial charge in [0.25, 0.3) is 5.91 Å². The standard InChI is InChI=1S/C24H28N4O3/c1-30-21-12-10-19(11-13-21)23-26-22(31-27-23)16-25-24(29)20-8-6-18(7-9-20)17-28-14-4-2-3-5-15-28/h6-13H,2-5,14-17H2,1H3,(H,25,29). The first-order chi connectivity index (χ1) is 15.2. The van der Waals surface area contributed by atoms with Crippen LogP contribution in [0.4, 0.5) is 0 Å². The lowest BCUT2D eigenvalue weighted by atomic mass is 10.1. The summed E-state index contributed by atoms with van der Waals surface area (Å²) in [5.41, 5.74) is 2.68. The topological polar surface area (TPSA) is 80.5 Å². The third-order valence-corrected chi connectivity index (χ3v) is 5.54. The van der Waals surface area contributed by atoms with Crippen LogP contribution in [0.5, 0.6) is 5.75 Å². The van der Waals surface area contributed by atoms with Gasteiger partial charge in [-0.25, -0.2) is 0 Å².